The molecule has 0 aromatic heterocycles. The third kappa shape index (κ3) is 9.83. The molecule has 0 radical (unpaired) electrons. The van der Waals surface area contributed by atoms with E-state index in [2.05, 4.69) is 70.5 Å². The van der Waals surface area contributed by atoms with Gasteiger partial charge in [0, 0.05) is 39.3 Å². The number of hydrogen-bond donors (Lipinski definition) is 2. The topological polar surface area (TPSA) is 52.1 Å². The summed E-state index contributed by atoms with van der Waals surface area (Å²) in [6.45, 7) is 14.8. The molecular formula is C23H42IN5O. The van der Waals surface area contributed by atoms with Crippen LogP contribution in [-0.4, -0.2) is 74.7 Å². The number of guanidine groups is 1. The van der Waals surface area contributed by atoms with Crippen molar-refractivity contribution in [1.29, 1.82) is 0 Å². The fraction of sp³-hybridized carbons (Fsp3) is 0.696. The predicted molar refractivity (Wildman–Crippen MR) is 138 cm³/mol. The van der Waals surface area contributed by atoms with Crippen molar-refractivity contribution in [2.45, 2.75) is 52.6 Å². The summed E-state index contributed by atoms with van der Waals surface area (Å²) in [5.74, 6) is 1.82. The third-order valence-corrected chi connectivity index (χ3v) is 5.65. The molecule has 30 heavy (non-hydrogen) atoms. The Morgan fingerprint density at radius 3 is 2.37 bits per heavy atom. The van der Waals surface area contributed by atoms with E-state index in [0.29, 0.717) is 6.04 Å². The van der Waals surface area contributed by atoms with Gasteiger partial charge in [-0.3, -0.25) is 4.99 Å². The van der Waals surface area contributed by atoms with Gasteiger partial charge in [-0.25, -0.2) is 0 Å². The van der Waals surface area contributed by atoms with Gasteiger partial charge in [0.1, 0.15) is 12.4 Å². The Kier molecular flexibility index (Phi) is 14.1. The molecule has 1 saturated heterocycles. The van der Waals surface area contributed by atoms with E-state index in [-0.39, 0.29) is 24.0 Å². The molecule has 1 aliphatic heterocycles. The Bertz CT molecular complexity index is 584. The van der Waals surface area contributed by atoms with Gasteiger partial charge < -0.3 is 25.2 Å². The summed E-state index contributed by atoms with van der Waals surface area (Å²) < 4.78 is 5.87. The molecule has 0 saturated carbocycles. The van der Waals surface area contributed by atoms with Gasteiger partial charge in [-0.05, 0) is 56.6 Å². The molecule has 0 unspecified atom stereocenters. The lowest BCUT2D eigenvalue weighted by atomic mass is 10.1. The standard InChI is InChI=1S/C23H41N5O.HI/c1-5-14-28-15-12-21(13-16-28)26-23(24-4)25-19-20-8-10-22(11-9-20)29-18-17-27(6-2)7-3;/h8-11,21H,5-7,12-19H2,1-4H3,(H2,24,25,26);1H. The Hall–Kier alpha value is -1.06. The maximum Gasteiger partial charge on any atom is 0.191 e. The van der Waals surface area contributed by atoms with Crippen molar-refractivity contribution in [3.05, 3.63) is 29.8 Å². The number of aliphatic imine (C=N–C) groups is 1. The first-order valence-corrected chi connectivity index (χ1v) is 11.3. The van der Waals surface area contributed by atoms with Crippen LogP contribution in [0.4, 0.5) is 0 Å². The molecule has 6 nitrogen and oxygen atoms in total. The van der Waals surface area contributed by atoms with Crippen molar-refractivity contribution in [3.63, 3.8) is 0 Å². The fourth-order valence-electron chi connectivity index (χ4n) is 3.73. The molecule has 0 bridgehead atoms. The van der Waals surface area contributed by atoms with Gasteiger partial charge >= 0.3 is 0 Å². The van der Waals surface area contributed by atoms with E-state index in [0.717, 1.165) is 44.5 Å². The first-order valence-electron chi connectivity index (χ1n) is 11.3. The molecule has 2 rings (SSSR count). The van der Waals surface area contributed by atoms with Gasteiger partial charge in [0.05, 0.1) is 0 Å². The van der Waals surface area contributed by atoms with Crippen molar-refractivity contribution in [1.82, 2.24) is 20.4 Å². The van der Waals surface area contributed by atoms with E-state index < -0.39 is 0 Å². The van der Waals surface area contributed by atoms with Crippen LogP contribution in [0.15, 0.2) is 29.3 Å². The highest BCUT2D eigenvalue weighted by atomic mass is 127. The summed E-state index contributed by atoms with van der Waals surface area (Å²) in [5.41, 5.74) is 1.22. The summed E-state index contributed by atoms with van der Waals surface area (Å²) in [7, 11) is 1.84. The molecule has 2 N–H and O–H groups in total. The molecule has 1 aliphatic rings. The summed E-state index contributed by atoms with van der Waals surface area (Å²) >= 11 is 0. The van der Waals surface area contributed by atoms with E-state index in [9.17, 15) is 0 Å². The summed E-state index contributed by atoms with van der Waals surface area (Å²) in [6, 6.07) is 8.86. The fourth-order valence-corrected chi connectivity index (χ4v) is 3.73. The number of likely N-dealkylation sites (N-methyl/N-ethyl adjacent to an activating group) is 1. The van der Waals surface area contributed by atoms with Crippen LogP contribution >= 0.6 is 24.0 Å². The summed E-state index contributed by atoms with van der Waals surface area (Å²) in [5, 5.41) is 7.02. The molecule has 0 amide bonds. The molecule has 0 atom stereocenters. The average Bonchev–Trinajstić information content (AvgIpc) is 2.76. The smallest absolute Gasteiger partial charge is 0.191 e. The van der Waals surface area contributed by atoms with E-state index in [1.165, 1.54) is 44.5 Å². The Labute approximate surface area is 200 Å². The van der Waals surface area contributed by atoms with Crippen molar-refractivity contribution < 1.29 is 4.74 Å². The molecule has 1 heterocycles. The lowest BCUT2D eigenvalue weighted by Gasteiger charge is -2.32. The van der Waals surface area contributed by atoms with Crippen LogP contribution in [0.2, 0.25) is 0 Å². The van der Waals surface area contributed by atoms with Gasteiger partial charge in [-0.15, -0.1) is 24.0 Å². The third-order valence-electron chi connectivity index (χ3n) is 5.65. The number of benzene rings is 1. The SMILES string of the molecule is CCCN1CCC(NC(=NC)NCc2ccc(OCCN(CC)CC)cc2)CC1.I. The second kappa shape index (κ2) is 15.7. The molecule has 0 aliphatic carbocycles. The van der Waals surface area contributed by atoms with Gasteiger partial charge in [0.2, 0.25) is 0 Å². The highest BCUT2D eigenvalue weighted by Gasteiger charge is 2.19. The number of rotatable bonds is 11. The van der Waals surface area contributed by atoms with Crippen LogP contribution in [-0.2, 0) is 6.54 Å². The van der Waals surface area contributed by atoms with Crippen LogP contribution in [0.3, 0.4) is 0 Å². The Morgan fingerprint density at radius 1 is 1.13 bits per heavy atom. The maximum absolute atomic E-state index is 5.87. The molecule has 1 aromatic carbocycles. The van der Waals surface area contributed by atoms with Gasteiger partial charge in [0.15, 0.2) is 5.96 Å². The van der Waals surface area contributed by atoms with Crippen molar-refractivity contribution in [2.24, 2.45) is 4.99 Å². The lowest BCUT2D eigenvalue weighted by molar-refractivity contribution is 0.206. The van der Waals surface area contributed by atoms with Crippen molar-refractivity contribution >= 4 is 29.9 Å². The Balaban J connectivity index is 0.00000450. The predicted octanol–water partition coefficient (Wildman–Crippen LogP) is 3.56. The van der Waals surface area contributed by atoms with E-state index in [1.54, 1.807) is 0 Å². The second-order valence-electron chi connectivity index (χ2n) is 7.71. The molecule has 172 valence electrons. The minimum Gasteiger partial charge on any atom is -0.492 e. The number of piperidine rings is 1. The zero-order valence-electron chi connectivity index (χ0n) is 19.3. The average molecular weight is 532 g/mol. The van der Waals surface area contributed by atoms with E-state index in [4.69, 9.17) is 4.74 Å². The van der Waals surface area contributed by atoms with E-state index in [1.807, 2.05) is 7.05 Å². The highest BCUT2D eigenvalue weighted by molar-refractivity contribution is 14.0. The number of likely N-dealkylation sites (tertiary alicyclic amines) is 1. The first kappa shape index (κ1) is 27.0. The number of nitrogens with one attached hydrogen (secondary N) is 2. The zero-order chi connectivity index (χ0) is 20.9. The summed E-state index contributed by atoms with van der Waals surface area (Å²) in [6.07, 6.45) is 3.60. The van der Waals surface area contributed by atoms with Crippen molar-refractivity contribution in [2.75, 3.05) is 52.9 Å². The molecule has 7 heteroatoms. The number of nitrogens with zero attached hydrogens (tertiary/aromatic N) is 3. The quantitative estimate of drug-likeness (QED) is 0.260. The summed E-state index contributed by atoms with van der Waals surface area (Å²) in [4.78, 5) is 9.32. The molecule has 1 aromatic rings. The van der Waals surface area contributed by atoms with Crippen LogP contribution in [0, 0.1) is 0 Å². The monoisotopic (exact) mass is 531 g/mol. The van der Waals surface area contributed by atoms with Gasteiger partial charge in [-0.1, -0.05) is 32.9 Å². The first-order chi connectivity index (χ1) is 14.2. The minimum atomic E-state index is 0. The largest absolute Gasteiger partial charge is 0.492 e. The second-order valence-corrected chi connectivity index (χ2v) is 7.71. The number of hydrogen-bond acceptors (Lipinski definition) is 4. The molecule has 0 spiro atoms. The van der Waals surface area contributed by atoms with Crippen LogP contribution in [0.25, 0.3) is 0 Å². The van der Waals surface area contributed by atoms with E-state index >= 15 is 0 Å². The van der Waals surface area contributed by atoms with Crippen LogP contribution in [0.5, 0.6) is 5.75 Å². The minimum absolute atomic E-state index is 0. The highest BCUT2D eigenvalue weighted by Crippen LogP contribution is 2.13. The molecule has 1 fully saturated rings. The number of ether oxygens (including phenoxy) is 1. The lowest BCUT2D eigenvalue weighted by Crippen LogP contribution is -2.48. The zero-order valence-corrected chi connectivity index (χ0v) is 21.7. The van der Waals surface area contributed by atoms with Gasteiger partial charge in [0.25, 0.3) is 0 Å². The molecular weight excluding hydrogens is 489 g/mol. The number of halogens is 1. The van der Waals surface area contributed by atoms with Crippen LogP contribution < -0.4 is 15.4 Å². The van der Waals surface area contributed by atoms with Crippen molar-refractivity contribution in [3.8, 4) is 5.75 Å². The van der Waals surface area contributed by atoms with Gasteiger partial charge in [-0.2, -0.15) is 0 Å². The normalized spacial score (nSPS) is 15.7. The Morgan fingerprint density at radius 2 is 1.80 bits per heavy atom. The van der Waals surface area contributed by atoms with Crippen LogP contribution in [0.1, 0.15) is 45.6 Å². The maximum atomic E-state index is 5.87.